The molecule has 112 valence electrons. The van der Waals surface area contributed by atoms with Crippen LogP contribution in [0.2, 0.25) is 0 Å². The number of aromatic nitrogens is 1. The number of hydrogen-bond acceptors (Lipinski definition) is 4. The molecule has 0 aliphatic rings. The second-order valence-corrected chi connectivity index (χ2v) is 6.00. The SMILES string of the molecule is CCNCc1ccc(F)cc1S(=O)(=O)Nc1ccccn1. The predicted molar refractivity (Wildman–Crippen MR) is 78.8 cm³/mol. The fourth-order valence-electron chi connectivity index (χ4n) is 1.80. The number of nitrogens with zero attached hydrogens (tertiary/aromatic N) is 1. The van der Waals surface area contributed by atoms with Gasteiger partial charge in [-0.1, -0.05) is 19.1 Å². The molecular formula is C14H16FN3O2S. The highest BCUT2D eigenvalue weighted by Gasteiger charge is 2.19. The number of hydrogen-bond donors (Lipinski definition) is 2. The summed E-state index contributed by atoms with van der Waals surface area (Å²) in [5, 5.41) is 3.03. The summed E-state index contributed by atoms with van der Waals surface area (Å²) in [7, 11) is -3.89. The molecule has 0 aliphatic carbocycles. The van der Waals surface area contributed by atoms with Crippen molar-refractivity contribution in [2.75, 3.05) is 11.3 Å². The maximum absolute atomic E-state index is 13.4. The first-order chi connectivity index (χ1) is 10.0. The summed E-state index contributed by atoms with van der Waals surface area (Å²) in [5.74, 6) is -0.409. The Morgan fingerprint density at radius 2 is 2.05 bits per heavy atom. The molecule has 0 radical (unpaired) electrons. The van der Waals surface area contributed by atoms with Gasteiger partial charge in [-0.25, -0.2) is 17.8 Å². The predicted octanol–water partition coefficient (Wildman–Crippen LogP) is 2.13. The first kappa shape index (κ1) is 15.4. The smallest absolute Gasteiger partial charge is 0.263 e. The van der Waals surface area contributed by atoms with E-state index >= 15 is 0 Å². The zero-order valence-electron chi connectivity index (χ0n) is 11.5. The van der Waals surface area contributed by atoms with Crippen molar-refractivity contribution in [3.8, 4) is 0 Å². The van der Waals surface area contributed by atoms with E-state index in [-0.39, 0.29) is 10.7 Å². The minimum absolute atomic E-state index is 0.0888. The molecule has 2 aromatic rings. The summed E-state index contributed by atoms with van der Waals surface area (Å²) >= 11 is 0. The van der Waals surface area contributed by atoms with Gasteiger partial charge in [0.15, 0.2) is 0 Å². The molecule has 0 aliphatic heterocycles. The van der Waals surface area contributed by atoms with Crippen LogP contribution in [0.5, 0.6) is 0 Å². The van der Waals surface area contributed by atoms with Crippen LogP contribution in [0.1, 0.15) is 12.5 Å². The molecule has 0 saturated heterocycles. The number of nitrogens with one attached hydrogen (secondary N) is 2. The molecule has 5 nitrogen and oxygen atoms in total. The van der Waals surface area contributed by atoms with E-state index in [2.05, 4.69) is 15.0 Å². The molecule has 0 unspecified atom stereocenters. The highest BCUT2D eigenvalue weighted by Crippen LogP contribution is 2.20. The van der Waals surface area contributed by atoms with Crippen LogP contribution in [0.15, 0.2) is 47.5 Å². The topological polar surface area (TPSA) is 71.1 Å². The maximum Gasteiger partial charge on any atom is 0.263 e. The zero-order chi connectivity index (χ0) is 15.3. The largest absolute Gasteiger partial charge is 0.313 e. The fraction of sp³-hybridized carbons (Fsp3) is 0.214. The summed E-state index contributed by atoms with van der Waals surface area (Å²) < 4.78 is 40.5. The van der Waals surface area contributed by atoms with E-state index < -0.39 is 15.8 Å². The lowest BCUT2D eigenvalue weighted by Crippen LogP contribution is -2.19. The van der Waals surface area contributed by atoms with Gasteiger partial charge in [-0.05, 0) is 36.4 Å². The Hall–Kier alpha value is -1.99. The van der Waals surface area contributed by atoms with E-state index in [4.69, 9.17) is 0 Å². The third-order valence-corrected chi connectivity index (χ3v) is 4.22. The number of halogens is 1. The quantitative estimate of drug-likeness (QED) is 0.857. The molecule has 2 N–H and O–H groups in total. The van der Waals surface area contributed by atoms with Crippen molar-refractivity contribution in [2.24, 2.45) is 0 Å². The van der Waals surface area contributed by atoms with Gasteiger partial charge in [0.1, 0.15) is 11.6 Å². The summed E-state index contributed by atoms with van der Waals surface area (Å²) in [6.45, 7) is 2.93. The van der Waals surface area contributed by atoms with Crippen molar-refractivity contribution in [3.63, 3.8) is 0 Å². The molecule has 1 aromatic carbocycles. The van der Waals surface area contributed by atoms with Gasteiger partial charge < -0.3 is 5.32 Å². The third-order valence-electron chi connectivity index (χ3n) is 2.79. The van der Waals surface area contributed by atoms with E-state index in [0.717, 1.165) is 6.07 Å². The Labute approximate surface area is 123 Å². The van der Waals surface area contributed by atoms with Crippen molar-refractivity contribution in [1.29, 1.82) is 0 Å². The number of pyridine rings is 1. The molecule has 1 heterocycles. The lowest BCUT2D eigenvalue weighted by molar-refractivity contribution is 0.590. The monoisotopic (exact) mass is 309 g/mol. The first-order valence-electron chi connectivity index (χ1n) is 6.46. The van der Waals surface area contributed by atoms with Gasteiger partial charge in [-0.2, -0.15) is 0 Å². The Bertz CT molecular complexity index is 705. The van der Waals surface area contributed by atoms with Gasteiger partial charge >= 0.3 is 0 Å². The number of benzene rings is 1. The molecule has 7 heteroatoms. The zero-order valence-corrected chi connectivity index (χ0v) is 12.3. The molecule has 0 amide bonds. The molecule has 0 bridgehead atoms. The van der Waals surface area contributed by atoms with Crippen LogP contribution in [0.25, 0.3) is 0 Å². The van der Waals surface area contributed by atoms with Gasteiger partial charge in [0.05, 0.1) is 4.90 Å². The van der Waals surface area contributed by atoms with Crippen molar-refractivity contribution in [1.82, 2.24) is 10.3 Å². The standard InChI is InChI=1S/C14H16FN3O2S/c1-2-16-10-11-6-7-12(15)9-13(11)21(19,20)18-14-5-3-4-8-17-14/h3-9,16H,2,10H2,1H3,(H,17,18). The van der Waals surface area contributed by atoms with Crippen LogP contribution in [-0.4, -0.2) is 19.9 Å². The van der Waals surface area contributed by atoms with Gasteiger partial charge in [0.25, 0.3) is 10.0 Å². The van der Waals surface area contributed by atoms with Gasteiger partial charge in [0, 0.05) is 12.7 Å². The Morgan fingerprint density at radius 1 is 1.24 bits per heavy atom. The maximum atomic E-state index is 13.4. The number of rotatable bonds is 6. The molecule has 0 fully saturated rings. The normalized spacial score (nSPS) is 11.3. The molecular weight excluding hydrogens is 293 g/mol. The summed E-state index contributed by atoms with van der Waals surface area (Å²) in [5.41, 5.74) is 0.502. The molecule has 1 aromatic heterocycles. The van der Waals surface area contributed by atoms with Crippen molar-refractivity contribution in [3.05, 3.63) is 54.0 Å². The molecule has 0 spiro atoms. The fourth-order valence-corrected chi connectivity index (χ4v) is 3.06. The molecule has 2 rings (SSSR count). The van der Waals surface area contributed by atoms with E-state index in [1.165, 1.54) is 24.4 Å². The van der Waals surface area contributed by atoms with Gasteiger partial charge in [0.2, 0.25) is 0 Å². The van der Waals surface area contributed by atoms with E-state index in [0.29, 0.717) is 18.7 Å². The molecule has 0 saturated carbocycles. The second kappa shape index (κ2) is 6.64. The van der Waals surface area contributed by atoms with Crippen LogP contribution in [0.3, 0.4) is 0 Å². The van der Waals surface area contributed by atoms with Crippen LogP contribution < -0.4 is 10.0 Å². The van der Waals surface area contributed by atoms with Crippen molar-refractivity contribution >= 4 is 15.8 Å². The van der Waals surface area contributed by atoms with Crippen LogP contribution >= 0.6 is 0 Å². The van der Waals surface area contributed by atoms with E-state index in [1.807, 2.05) is 6.92 Å². The van der Waals surface area contributed by atoms with E-state index in [9.17, 15) is 12.8 Å². The summed E-state index contributed by atoms with van der Waals surface area (Å²) in [6.07, 6.45) is 1.48. The minimum atomic E-state index is -3.89. The lowest BCUT2D eigenvalue weighted by Gasteiger charge is -2.12. The number of sulfonamides is 1. The van der Waals surface area contributed by atoms with Gasteiger partial charge in [-0.3, -0.25) is 4.72 Å². The summed E-state index contributed by atoms with van der Waals surface area (Å²) in [6, 6.07) is 8.59. The summed E-state index contributed by atoms with van der Waals surface area (Å²) in [4.78, 5) is 3.82. The number of anilines is 1. The van der Waals surface area contributed by atoms with E-state index in [1.54, 1.807) is 12.1 Å². The van der Waals surface area contributed by atoms with Crippen molar-refractivity contribution < 1.29 is 12.8 Å². The molecule has 21 heavy (non-hydrogen) atoms. The lowest BCUT2D eigenvalue weighted by atomic mass is 10.2. The minimum Gasteiger partial charge on any atom is -0.313 e. The molecule has 0 atom stereocenters. The van der Waals surface area contributed by atoms with Crippen molar-refractivity contribution in [2.45, 2.75) is 18.4 Å². The highest BCUT2D eigenvalue weighted by molar-refractivity contribution is 7.92. The van der Waals surface area contributed by atoms with Crippen LogP contribution in [-0.2, 0) is 16.6 Å². The van der Waals surface area contributed by atoms with Crippen LogP contribution in [0.4, 0.5) is 10.2 Å². The van der Waals surface area contributed by atoms with Crippen LogP contribution in [0, 0.1) is 5.82 Å². The third kappa shape index (κ3) is 3.99. The second-order valence-electron chi connectivity index (χ2n) is 4.35. The first-order valence-corrected chi connectivity index (χ1v) is 7.94. The Kier molecular flexibility index (Phi) is 4.87. The average Bonchev–Trinajstić information content (AvgIpc) is 2.46. The highest BCUT2D eigenvalue weighted by atomic mass is 32.2. The van der Waals surface area contributed by atoms with Gasteiger partial charge in [-0.15, -0.1) is 0 Å². The Morgan fingerprint density at radius 3 is 2.71 bits per heavy atom. The Balaban J connectivity index is 2.36. The average molecular weight is 309 g/mol.